The number of carbonyl (C=O) groups is 3. The van der Waals surface area contributed by atoms with Crippen molar-refractivity contribution in [1.82, 2.24) is 0 Å². The van der Waals surface area contributed by atoms with Crippen LogP contribution in [-0.4, -0.2) is 37.2 Å². The predicted octanol–water partition coefficient (Wildman–Crippen LogP) is 22.0. The van der Waals surface area contributed by atoms with E-state index >= 15 is 0 Å². The first-order valence-corrected chi connectivity index (χ1v) is 32.0. The van der Waals surface area contributed by atoms with Crippen LogP contribution in [-0.2, 0) is 28.6 Å². The van der Waals surface area contributed by atoms with E-state index < -0.39 is 6.10 Å². The Morgan fingerprint density at radius 3 is 0.857 bits per heavy atom. The number of ether oxygens (including phenoxy) is 3. The fraction of sp³-hybridized carbons (Fsp3) is 0.676. The maximum absolute atomic E-state index is 12.9. The van der Waals surface area contributed by atoms with Crippen molar-refractivity contribution in [1.29, 1.82) is 0 Å². The van der Waals surface area contributed by atoms with Crippen LogP contribution in [0.5, 0.6) is 0 Å². The maximum Gasteiger partial charge on any atom is 0.306 e. The van der Waals surface area contributed by atoms with Gasteiger partial charge in [0.15, 0.2) is 6.10 Å². The highest BCUT2D eigenvalue weighted by molar-refractivity contribution is 5.71. The lowest BCUT2D eigenvalue weighted by Gasteiger charge is -2.18. The number of hydrogen-bond donors (Lipinski definition) is 0. The molecular formula is C71H118O6. The highest BCUT2D eigenvalue weighted by Gasteiger charge is 2.19. The van der Waals surface area contributed by atoms with Gasteiger partial charge in [-0.25, -0.2) is 0 Å². The average Bonchev–Trinajstić information content (AvgIpc) is 3.43. The number of carbonyl (C=O) groups excluding carboxylic acids is 3. The van der Waals surface area contributed by atoms with Crippen LogP contribution in [0, 0.1) is 0 Å². The van der Waals surface area contributed by atoms with E-state index in [9.17, 15) is 14.4 Å². The third kappa shape index (κ3) is 62.5. The second-order valence-electron chi connectivity index (χ2n) is 20.9. The van der Waals surface area contributed by atoms with Gasteiger partial charge in [0, 0.05) is 19.3 Å². The van der Waals surface area contributed by atoms with Gasteiger partial charge < -0.3 is 14.2 Å². The van der Waals surface area contributed by atoms with Gasteiger partial charge in [-0.3, -0.25) is 14.4 Å². The molecule has 0 spiro atoms. The van der Waals surface area contributed by atoms with Gasteiger partial charge in [-0.15, -0.1) is 0 Å². The molecule has 0 amide bonds. The fourth-order valence-electron chi connectivity index (χ4n) is 8.61. The molecule has 0 aliphatic carbocycles. The SMILES string of the molecule is CC/C=C\C/C=C\C/C=C\C/C=C\C/C=C\C/C=C\C/C=C\CCCCCC(=O)OCC(COC(=O)CCCCCCC/C=C\CCCC)OC(=O)CCCCCCCCCCCCC/C=C\C/C=C\CCCCCCC. The zero-order valence-electron chi connectivity index (χ0n) is 50.2. The molecule has 0 bridgehead atoms. The van der Waals surface area contributed by atoms with E-state index in [1.165, 1.54) is 122 Å². The Morgan fingerprint density at radius 1 is 0.273 bits per heavy atom. The Morgan fingerprint density at radius 2 is 0.519 bits per heavy atom. The van der Waals surface area contributed by atoms with Crippen molar-refractivity contribution in [3.8, 4) is 0 Å². The van der Waals surface area contributed by atoms with Crippen molar-refractivity contribution >= 4 is 17.9 Å². The van der Waals surface area contributed by atoms with Gasteiger partial charge >= 0.3 is 17.9 Å². The topological polar surface area (TPSA) is 78.9 Å². The van der Waals surface area contributed by atoms with E-state index in [1.54, 1.807) is 0 Å². The third-order valence-electron chi connectivity index (χ3n) is 13.4. The summed E-state index contributed by atoms with van der Waals surface area (Å²) >= 11 is 0. The lowest BCUT2D eigenvalue weighted by molar-refractivity contribution is -0.167. The Labute approximate surface area is 475 Å². The Bertz CT molecular complexity index is 1600. The molecule has 0 aliphatic heterocycles. The largest absolute Gasteiger partial charge is 0.462 e. The summed E-state index contributed by atoms with van der Waals surface area (Å²) in [6, 6.07) is 0. The van der Waals surface area contributed by atoms with Crippen molar-refractivity contribution < 1.29 is 28.6 Å². The molecule has 0 aromatic heterocycles. The zero-order valence-corrected chi connectivity index (χ0v) is 50.2. The molecule has 0 radical (unpaired) electrons. The molecule has 0 N–H and O–H groups in total. The highest BCUT2D eigenvalue weighted by atomic mass is 16.6. The van der Waals surface area contributed by atoms with E-state index in [0.29, 0.717) is 19.3 Å². The molecule has 1 atom stereocenters. The summed E-state index contributed by atoms with van der Waals surface area (Å²) in [7, 11) is 0. The highest BCUT2D eigenvalue weighted by Crippen LogP contribution is 2.15. The van der Waals surface area contributed by atoms with E-state index in [4.69, 9.17) is 14.2 Å². The minimum atomic E-state index is -0.800. The smallest absolute Gasteiger partial charge is 0.306 e. The van der Waals surface area contributed by atoms with Crippen molar-refractivity contribution in [2.75, 3.05) is 13.2 Å². The number of rotatable bonds is 57. The quantitative estimate of drug-likeness (QED) is 0.0261. The summed E-state index contributed by atoms with van der Waals surface area (Å²) < 4.78 is 16.9. The van der Waals surface area contributed by atoms with Gasteiger partial charge in [0.2, 0.25) is 0 Å². The molecule has 1 unspecified atom stereocenters. The minimum Gasteiger partial charge on any atom is -0.462 e. The lowest BCUT2D eigenvalue weighted by Crippen LogP contribution is -2.30. The van der Waals surface area contributed by atoms with Crippen molar-refractivity contribution in [2.24, 2.45) is 0 Å². The number of esters is 3. The van der Waals surface area contributed by atoms with Crippen LogP contribution >= 0.6 is 0 Å². The fourth-order valence-corrected chi connectivity index (χ4v) is 8.61. The first kappa shape index (κ1) is 72.8. The molecule has 0 fully saturated rings. The summed E-state index contributed by atoms with van der Waals surface area (Å²) in [5.74, 6) is -0.938. The van der Waals surface area contributed by atoms with Gasteiger partial charge in [-0.05, 0) is 128 Å². The van der Waals surface area contributed by atoms with Crippen LogP contribution in [0.3, 0.4) is 0 Å². The van der Waals surface area contributed by atoms with Gasteiger partial charge in [0.1, 0.15) is 13.2 Å². The minimum absolute atomic E-state index is 0.0958. The molecule has 77 heavy (non-hydrogen) atoms. The van der Waals surface area contributed by atoms with E-state index in [1.807, 2.05) is 0 Å². The van der Waals surface area contributed by atoms with Crippen LogP contribution in [0.4, 0.5) is 0 Å². The summed E-state index contributed by atoms with van der Waals surface area (Å²) in [6.07, 6.45) is 89.2. The molecule has 0 saturated heterocycles. The normalized spacial score (nSPS) is 12.9. The molecule has 0 saturated carbocycles. The van der Waals surface area contributed by atoms with E-state index in [0.717, 1.165) is 128 Å². The molecular weight excluding hydrogens is 949 g/mol. The zero-order chi connectivity index (χ0) is 55.7. The Hall–Kier alpha value is -4.19. The van der Waals surface area contributed by atoms with E-state index in [-0.39, 0.29) is 31.1 Å². The number of allylic oxidation sites excluding steroid dienone is 20. The number of unbranched alkanes of at least 4 members (excludes halogenated alkanes) is 26. The van der Waals surface area contributed by atoms with E-state index in [2.05, 4.69) is 142 Å². The van der Waals surface area contributed by atoms with Gasteiger partial charge in [0.05, 0.1) is 0 Å². The molecule has 0 aromatic rings. The first-order valence-electron chi connectivity index (χ1n) is 32.0. The Kier molecular flexibility index (Phi) is 60.8. The second kappa shape index (κ2) is 64.3. The number of hydrogen-bond acceptors (Lipinski definition) is 6. The Balaban J connectivity index is 4.38. The summed E-state index contributed by atoms with van der Waals surface area (Å²) in [6.45, 7) is 6.45. The van der Waals surface area contributed by atoms with Crippen molar-refractivity contribution in [3.05, 3.63) is 122 Å². The van der Waals surface area contributed by atoms with Gasteiger partial charge in [0.25, 0.3) is 0 Å². The standard InChI is InChI=1S/C71H118O6/c1-4-7-10-13-16-19-22-24-26-28-30-32-34-35-37-38-40-42-44-46-49-52-55-58-61-64-70(73)76-67-68(66-75-69(72)63-60-57-54-51-48-21-18-15-12-9-6-3)77-71(74)65-62-59-56-53-50-47-45-43-41-39-36-33-31-29-27-25-23-20-17-14-11-8-5-2/h7,10,15-16,18-19,23-26,29-32,35,37,40,42,46,49,68H,4-6,8-9,11-14,17,20-22,27-28,33-34,36,38-39,41,43-45,47-48,50-67H2,1-3H3/b10-7-,18-15-,19-16-,25-23-,26-24-,31-29-,32-30-,37-35-,42-40-,49-46-. The van der Waals surface area contributed by atoms with Crippen molar-refractivity contribution in [3.63, 3.8) is 0 Å². The van der Waals surface area contributed by atoms with Crippen LogP contribution in [0.25, 0.3) is 0 Å². The average molecular weight is 1070 g/mol. The van der Waals surface area contributed by atoms with Gasteiger partial charge in [-0.2, -0.15) is 0 Å². The third-order valence-corrected chi connectivity index (χ3v) is 13.4. The summed E-state index contributed by atoms with van der Waals surface area (Å²) in [5.41, 5.74) is 0. The molecule has 0 aromatic carbocycles. The molecule has 0 rings (SSSR count). The van der Waals surface area contributed by atoms with Crippen LogP contribution in [0.2, 0.25) is 0 Å². The van der Waals surface area contributed by atoms with Crippen molar-refractivity contribution in [2.45, 2.75) is 297 Å². The maximum atomic E-state index is 12.9. The van der Waals surface area contributed by atoms with Crippen LogP contribution in [0.15, 0.2) is 122 Å². The predicted molar refractivity (Wildman–Crippen MR) is 334 cm³/mol. The molecule has 6 heteroatoms. The second-order valence-corrected chi connectivity index (χ2v) is 20.9. The molecule has 0 heterocycles. The van der Waals surface area contributed by atoms with Gasteiger partial charge in [-0.1, -0.05) is 264 Å². The lowest BCUT2D eigenvalue weighted by atomic mass is 10.0. The van der Waals surface area contributed by atoms with Crippen LogP contribution in [0.1, 0.15) is 290 Å². The molecule has 0 aliphatic rings. The van der Waals surface area contributed by atoms with Crippen LogP contribution < -0.4 is 0 Å². The molecule has 6 nitrogen and oxygen atoms in total. The first-order chi connectivity index (χ1) is 38.0. The summed E-state index contributed by atoms with van der Waals surface area (Å²) in [5, 5.41) is 0. The molecule has 438 valence electrons. The monoisotopic (exact) mass is 1070 g/mol. The summed E-state index contributed by atoms with van der Waals surface area (Å²) in [4.78, 5) is 38.3.